The smallest absolute Gasteiger partial charge is 0.232 e. The van der Waals surface area contributed by atoms with E-state index < -0.39 is 0 Å². The molecule has 0 aliphatic rings. The van der Waals surface area contributed by atoms with Gasteiger partial charge in [0.25, 0.3) is 0 Å². The van der Waals surface area contributed by atoms with Crippen molar-refractivity contribution in [1.29, 1.82) is 5.26 Å². The van der Waals surface area contributed by atoms with Crippen molar-refractivity contribution in [1.82, 2.24) is 4.98 Å². The molecule has 0 fully saturated rings. The summed E-state index contributed by atoms with van der Waals surface area (Å²) < 4.78 is 5.66. The van der Waals surface area contributed by atoms with Gasteiger partial charge in [0.05, 0.1) is 6.04 Å². The molecular weight excluding hydrogens is 250 g/mol. The molecule has 1 aromatic carbocycles. The van der Waals surface area contributed by atoms with Crippen molar-refractivity contribution in [2.45, 2.75) is 33.2 Å². The van der Waals surface area contributed by atoms with Gasteiger partial charge < -0.3 is 9.73 Å². The van der Waals surface area contributed by atoms with E-state index in [1.54, 1.807) is 0 Å². The highest BCUT2D eigenvalue weighted by molar-refractivity contribution is 5.47. The monoisotopic (exact) mass is 269 g/mol. The van der Waals surface area contributed by atoms with E-state index in [-0.39, 0.29) is 6.04 Å². The molecule has 4 heteroatoms. The molecule has 1 heterocycles. The molecular formula is C16H19N3O. The fourth-order valence-electron chi connectivity index (χ4n) is 2.00. The topological polar surface area (TPSA) is 61.9 Å². The molecule has 2 aromatic rings. The lowest BCUT2D eigenvalue weighted by Gasteiger charge is -2.13. The van der Waals surface area contributed by atoms with Crippen LogP contribution in [0.1, 0.15) is 44.0 Å². The van der Waals surface area contributed by atoms with E-state index in [2.05, 4.69) is 30.2 Å². The Labute approximate surface area is 119 Å². The molecule has 20 heavy (non-hydrogen) atoms. The van der Waals surface area contributed by atoms with Gasteiger partial charge in [-0.05, 0) is 18.4 Å². The minimum Gasteiger partial charge on any atom is -0.424 e. The molecule has 0 bridgehead atoms. The zero-order chi connectivity index (χ0) is 14.5. The number of oxazole rings is 1. The van der Waals surface area contributed by atoms with Crippen LogP contribution < -0.4 is 5.32 Å². The second kappa shape index (κ2) is 6.25. The number of rotatable bonds is 5. The normalized spacial score (nSPS) is 12.2. The Morgan fingerprint density at radius 2 is 1.95 bits per heavy atom. The predicted molar refractivity (Wildman–Crippen MR) is 78.2 cm³/mol. The maximum absolute atomic E-state index is 9.14. The van der Waals surface area contributed by atoms with Crippen LogP contribution in [0.2, 0.25) is 0 Å². The molecule has 0 saturated carbocycles. The number of hydrogen-bond donors (Lipinski definition) is 1. The summed E-state index contributed by atoms with van der Waals surface area (Å²) in [4.78, 5) is 4.23. The number of nitriles is 1. The van der Waals surface area contributed by atoms with Crippen molar-refractivity contribution in [3.05, 3.63) is 47.5 Å². The van der Waals surface area contributed by atoms with E-state index in [1.807, 2.05) is 37.3 Å². The summed E-state index contributed by atoms with van der Waals surface area (Å²) in [5.74, 6) is 1.51. The number of aromatic nitrogens is 1. The number of benzene rings is 1. The largest absolute Gasteiger partial charge is 0.424 e. The van der Waals surface area contributed by atoms with Crippen molar-refractivity contribution in [3.63, 3.8) is 0 Å². The zero-order valence-electron chi connectivity index (χ0n) is 12.1. The highest BCUT2D eigenvalue weighted by atomic mass is 16.4. The Morgan fingerprint density at radius 1 is 1.25 bits per heavy atom. The Balaban J connectivity index is 2.16. The Morgan fingerprint density at radius 3 is 2.55 bits per heavy atom. The minimum atomic E-state index is 0.0585. The van der Waals surface area contributed by atoms with Crippen LogP contribution in [0.15, 0.2) is 34.7 Å². The van der Waals surface area contributed by atoms with E-state index in [0.29, 0.717) is 23.4 Å². The third kappa shape index (κ3) is 3.39. The molecule has 1 aromatic heterocycles. The first-order valence-corrected chi connectivity index (χ1v) is 6.81. The summed E-state index contributed by atoms with van der Waals surface area (Å²) >= 11 is 0. The quantitative estimate of drug-likeness (QED) is 0.893. The van der Waals surface area contributed by atoms with Crippen molar-refractivity contribution in [2.75, 3.05) is 5.32 Å². The summed E-state index contributed by atoms with van der Waals surface area (Å²) in [6.07, 6.45) is 0.732. The predicted octanol–water partition coefficient (Wildman–Crippen LogP) is 3.92. The van der Waals surface area contributed by atoms with Gasteiger partial charge in [0, 0.05) is 6.42 Å². The van der Waals surface area contributed by atoms with Crippen molar-refractivity contribution >= 4 is 5.88 Å². The maximum Gasteiger partial charge on any atom is 0.232 e. The molecule has 0 aliphatic carbocycles. The van der Waals surface area contributed by atoms with Crippen LogP contribution in [-0.2, 0) is 6.42 Å². The van der Waals surface area contributed by atoms with Crippen LogP contribution in [0, 0.1) is 17.2 Å². The Kier molecular flexibility index (Phi) is 4.41. The van der Waals surface area contributed by atoms with Crippen molar-refractivity contribution < 1.29 is 4.42 Å². The van der Waals surface area contributed by atoms with Crippen LogP contribution in [0.4, 0.5) is 5.88 Å². The molecule has 0 spiro atoms. The second-order valence-corrected chi connectivity index (χ2v) is 5.27. The van der Waals surface area contributed by atoms with Crippen LogP contribution in [0.3, 0.4) is 0 Å². The summed E-state index contributed by atoms with van der Waals surface area (Å²) in [5.41, 5.74) is 1.46. The first-order valence-electron chi connectivity index (χ1n) is 6.81. The highest BCUT2D eigenvalue weighted by Gasteiger charge is 2.16. The van der Waals surface area contributed by atoms with E-state index in [4.69, 9.17) is 9.68 Å². The average Bonchev–Trinajstić information content (AvgIpc) is 2.80. The van der Waals surface area contributed by atoms with E-state index >= 15 is 0 Å². The fraction of sp³-hybridized carbons (Fsp3) is 0.375. The number of nitrogens with one attached hydrogen (secondary N) is 1. The van der Waals surface area contributed by atoms with Gasteiger partial charge in [-0.2, -0.15) is 5.26 Å². The molecule has 2 rings (SSSR count). The van der Waals surface area contributed by atoms with E-state index in [9.17, 15) is 0 Å². The molecule has 0 saturated heterocycles. The summed E-state index contributed by atoms with van der Waals surface area (Å²) in [7, 11) is 0. The van der Waals surface area contributed by atoms with Gasteiger partial charge in [-0.3, -0.25) is 0 Å². The first-order chi connectivity index (χ1) is 9.60. The Bertz CT molecular complexity index is 596. The lowest BCUT2D eigenvalue weighted by atomic mass is 10.1. The molecule has 4 nitrogen and oxygen atoms in total. The summed E-state index contributed by atoms with van der Waals surface area (Å²) in [6, 6.07) is 12.2. The Hall–Kier alpha value is -2.28. The van der Waals surface area contributed by atoms with Gasteiger partial charge in [0.2, 0.25) is 11.6 Å². The zero-order valence-corrected chi connectivity index (χ0v) is 12.1. The van der Waals surface area contributed by atoms with Gasteiger partial charge in [-0.25, -0.2) is 4.98 Å². The van der Waals surface area contributed by atoms with Crippen LogP contribution in [0.5, 0.6) is 0 Å². The molecule has 1 N–H and O–H groups in total. The minimum absolute atomic E-state index is 0.0585. The van der Waals surface area contributed by atoms with Gasteiger partial charge in [-0.15, -0.1) is 0 Å². The third-order valence-electron chi connectivity index (χ3n) is 3.01. The summed E-state index contributed by atoms with van der Waals surface area (Å²) in [6.45, 7) is 6.22. The fourth-order valence-corrected chi connectivity index (χ4v) is 2.00. The SMILES string of the molecule is CC(C)Cc1nc(C#N)c(N[C@@H](C)c2ccccc2)o1. The molecule has 104 valence electrons. The van der Waals surface area contributed by atoms with Gasteiger partial charge in [0.1, 0.15) is 6.07 Å². The maximum atomic E-state index is 9.14. The van der Waals surface area contributed by atoms with Gasteiger partial charge in [-0.1, -0.05) is 44.2 Å². The van der Waals surface area contributed by atoms with E-state index in [1.165, 1.54) is 0 Å². The molecule has 0 amide bonds. The van der Waals surface area contributed by atoms with Crippen molar-refractivity contribution in [2.24, 2.45) is 5.92 Å². The molecule has 1 atom stereocenters. The standard InChI is InChI=1S/C16H19N3O/c1-11(2)9-15-19-14(10-17)16(20-15)18-12(3)13-7-5-4-6-8-13/h4-8,11-12,18H,9H2,1-3H3/t12-/m0/s1. The molecule has 0 radical (unpaired) electrons. The van der Waals surface area contributed by atoms with Gasteiger partial charge in [0.15, 0.2) is 5.89 Å². The number of hydrogen-bond acceptors (Lipinski definition) is 4. The van der Waals surface area contributed by atoms with Crippen LogP contribution in [0.25, 0.3) is 0 Å². The van der Waals surface area contributed by atoms with Crippen molar-refractivity contribution in [3.8, 4) is 6.07 Å². The lowest BCUT2D eigenvalue weighted by molar-refractivity contribution is 0.463. The average molecular weight is 269 g/mol. The molecule has 0 unspecified atom stereocenters. The number of anilines is 1. The molecule has 0 aliphatic heterocycles. The third-order valence-corrected chi connectivity index (χ3v) is 3.01. The van der Waals surface area contributed by atoms with Crippen LogP contribution >= 0.6 is 0 Å². The lowest BCUT2D eigenvalue weighted by Crippen LogP contribution is -2.06. The van der Waals surface area contributed by atoms with E-state index in [0.717, 1.165) is 12.0 Å². The van der Waals surface area contributed by atoms with Crippen LogP contribution in [-0.4, -0.2) is 4.98 Å². The summed E-state index contributed by atoms with van der Waals surface area (Å²) in [5, 5.41) is 12.4. The second-order valence-electron chi connectivity index (χ2n) is 5.27. The number of nitrogens with zero attached hydrogens (tertiary/aromatic N) is 2. The first kappa shape index (κ1) is 14.1. The van der Waals surface area contributed by atoms with Gasteiger partial charge >= 0.3 is 0 Å². The highest BCUT2D eigenvalue weighted by Crippen LogP contribution is 2.24.